The standard InChI is InChI=1S/C16H19N5O3/c1-10-13(15(22)20-5-8-23-9-6-20)14(12-4-3-7-24-12)21-16(17-10)18-11(2)19-21/h3-4,7,14H,5-6,8-9H2,1-2H3,(H,17,18,19)/t14-/m1/s1. The number of rotatable bonds is 2. The maximum Gasteiger partial charge on any atom is 0.254 e. The number of furan rings is 1. The fourth-order valence-corrected chi connectivity index (χ4v) is 3.18. The predicted molar refractivity (Wildman–Crippen MR) is 85.3 cm³/mol. The van der Waals surface area contributed by atoms with Crippen LogP contribution in [0.2, 0.25) is 0 Å². The van der Waals surface area contributed by atoms with Gasteiger partial charge in [0.1, 0.15) is 17.6 Å². The van der Waals surface area contributed by atoms with Crippen LogP contribution in [0, 0.1) is 6.92 Å². The van der Waals surface area contributed by atoms with E-state index in [4.69, 9.17) is 9.15 Å². The van der Waals surface area contributed by atoms with Crippen molar-refractivity contribution in [2.75, 3.05) is 31.6 Å². The van der Waals surface area contributed by atoms with E-state index in [1.165, 1.54) is 0 Å². The molecule has 0 saturated carbocycles. The Kier molecular flexibility index (Phi) is 3.61. The molecule has 1 N–H and O–H groups in total. The van der Waals surface area contributed by atoms with Crippen LogP contribution in [0.25, 0.3) is 0 Å². The molecule has 0 bridgehead atoms. The second-order valence-corrected chi connectivity index (χ2v) is 5.91. The average molecular weight is 329 g/mol. The predicted octanol–water partition coefficient (Wildman–Crippen LogP) is 1.33. The Morgan fingerprint density at radius 1 is 1.33 bits per heavy atom. The summed E-state index contributed by atoms with van der Waals surface area (Å²) in [5.74, 6) is 1.90. The maximum absolute atomic E-state index is 13.2. The van der Waals surface area contributed by atoms with E-state index < -0.39 is 6.04 Å². The summed E-state index contributed by atoms with van der Waals surface area (Å²) >= 11 is 0. The van der Waals surface area contributed by atoms with Gasteiger partial charge in [-0.05, 0) is 26.0 Å². The molecule has 4 heterocycles. The number of hydrogen-bond acceptors (Lipinski definition) is 6. The zero-order valence-corrected chi connectivity index (χ0v) is 13.7. The molecule has 8 nitrogen and oxygen atoms in total. The Bertz CT molecular complexity index is 787. The van der Waals surface area contributed by atoms with E-state index in [2.05, 4.69) is 15.4 Å². The summed E-state index contributed by atoms with van der Waals surface area (Å²) in [4.78, 5) is 19.4. The molecule has 0 unspecified atom stereocenters. The Balaban J connectivity index is 1.79. The molecule has 1 saturated heterocycles. The largest absolute Gasteiger partial charge is 0.467 e. The van der Waals surface area contributed by atoms with Gasteiger partial charge in [-0.1, -0.05) is 0 Å². The van der Waals surface area contributed by atoms with Gasteiger partial charge >= 0.3 is 0 Å². The lowest BCUT2D eigenvalue weighted by Gasteiger charge is -2.32. The highest BCUT2D eigenvalue weighted by Crippen LogP contribution is 2.36. The van der Waals surface area contributed by atoms with Crippen molar-refractivity contribution in [3.63, 3.8) is 0 Å². The molecule has 24 heavy (non-hydrogen) atoms. The number of allylic oxidation sites excluding steroid dienone is 1. The molecule has 2 aliphatic rings. The number of carbonyl (C=O) groups excluding carboxylic acids is 1. The van der Waals surface area contributed by atoms with Crippen LogP contribution in [0.5, 0.6) is 0 Å². The molecule has 4 rings (SSSR count). The quantitative estimate of drug-likeness (QED) is 0.894. The minimum absolute atomic E-state index is 0.0245. The number of amides is 1. The van der Waals surface area contributed by atoms with Crippen LogP contribution in [-0.4, -0.2) is 51.9 Å². The zero-order valence-electron chi connectivity index (χ0n) is 13.7. The van der Waals surface area contributed by atoms with Gasteiger partial charge in [-0.3, -0.25) is 4.79 Å². The number of aryl methyl sites for hydroxylation is 1. The molecule has 1 fully saturated rings. The zero-order chi connectivity index (χ0) is 16.7. The lowest BCUT2D eigenvalue weighted by atomic mass is 9.99. The fourth-order valence-electron chi connectivity index (χ4n) is 3.18. The molecule has 0 radical (unpaired) electrons. The van der Waals surface area contributed by atoms with Crippen molar-refractivity contribution in [2.45, 2.75) is 19.9 Å². The highest BCUT2D eigenvalue weighted by atomic mass is 16.5. The number of fused-ring (bicyclic) bond motifs is 1. The first-order valence-corrected chi connectivity index (χ1v) is 7.96. The van der Waals surface area contributed by atoms with Crippen LogP contribution in [0.1, 0.15) is 24.6 Å². The van der Waals surface area contributed by atoms with Gasteiger partial charge in [0.15, 0.2) is 0 Å². The van der Waals surface area contributed by atoms with Crippen molar-refractivity contribution >= 4 is 11.9 Å². The van der Waals surface area contributed by atoms with Crippen LogP contribution in [0.15, 0.2) is 34.1 Å². The molecule has 0 spiro atoms. The van der Waals surface area contributed by atoms with Crippen molar-refractivity contribution in [3.05, 3.63) is 41.3 Å². The molecule has 0 aromatic carbocycles. The number of ether oxygens (including phenoxy) is 1. The molecular weight excluding hydrogens is 310 g/mol. The van der Waals surface area contributed by atoms with E-state index in [1.54, 1.807) is 10.9 Å². The van der Waals surface area contributed by atoms with Gasteiger partial charge in [0.05, 0.1) is 25.1 Å². The van der Waals surface area contributed by atoms with Crippen molar-refractivity contribution in [3.8, 4) is 0 Å². The Morgan fingerprint density at radius 3 is 2.83 bits per heavy atom. The lowest BCUT2D eigenvalue weighted by molar-refractivity contribution is -0.131. The van der Waals surface area contributed by atoms with Crippen molar-refractivity contribution in [2.24, 2.45) is 0 Å². The van der Waals surface area contributed by atoms with Gasteiger partial charge in [-0.2, -0.15) is 10.1 Å². The molecule has 8 heteroatoms. The monoisotopic (exact) mass is 329 g/mol. The number of anilines is 1. The first kappa shape index (κ1) is 14.9. The highest BCUT2D eigenvalue weighted by molar-refractivity contribution is 5.96. The minimum Gasteiger partial charge on any atom is -0.467 e. The summed E-state index contributed by atoms with van der Waals surface area (Å²) in [6, 6.07) is 3.25. The summed E-state index contributed by atoms with van der Waals surface area (Å²) in [6.07, 6.45) is 1.60. The minimum atomic E-state index is -0.423. The third kappa shape index (κ3) is 2.39. The maximum atomic E-state index is 13.2. The number of morpholine rings is 1. The molecule has 126 valence electrons. The lowest BCUT2D eigenvalue weighted by Crippen LogP contribution is -2.44. The number of hydrogen-bond donors (Lipinski definition) is 1. The van der Waals surface area contributed by atoms with Gasteiger partial charge in [-0.15, -0.1) is 0 Å². The summed E-state index contributed by atoms with van der Waals surface area (Å²) < 4.78 is 12.7. The summed E-state index contributed by atoms with van der Waals surface area (Å²) in [6.45, 7) is 6.00. The van der Waals surface area contributed by atoms with Crippen LogP contribution in [0.4, 0.5) is 5.95 Å². The Morgan fingerprint density at radius 2 is 2.12 bits per heavy atom. The SMILES string of the molecule is CC1=C(C(=O)N2CCOCC2)[C@@H](c2ccco2)n2nc(C)nc2N1. The molecule has 0 aliphatic carbocycles. The summed E-state index contributed by atoms with van der Waals surface area (Å²) in [5, 5.41) is 7.65. The second-order valence-electron chi connectivity index (χ2n) is 5.91. The topological polar surface area (TPSA) is 85.4 Å². The van der Waals surface area contributed by atoms with Crippen LogP contribution in [-0.2, 0) is 9.53 Å². The summed E-state index contributed by atoms with van der Waals surface area (Å²) in [5.41, 5.74) is 1.40. The van der Waals surface area contributed by atoms with Gasteiger partial charge in [0.25, 0.3) is 5.91 Å². The molecular formula is C16H19N5O3. The van der Waals surface area contributed by atoms with Crippen LogP contribution >= 0.6 is 0 Å². The number of nitrogens with one attached hydrogen (secondary N) is 1. The molecule has 1 amide bonds. The molecule has 2 aromatic rings. The number of aromatic nitrogens is 3. The van der Waals surface area contributed by atoms with E-state index in [-0.39, 0.29) is 5.91 Å². The van der Waals surface area contributed by atoms with E-state index >= 15 is 0 Å². The molecule has 1 atom stereocenters. The van der Waals surface area contributed by atoms with Gasteiger partial charge in [-0.25, -0.2) is 4.68 Å². The van der Waals surface area contributed by atoms with Crippen molar-refractivity contribution < 1.29 is 13.9 Å². The van der Waals surface area contributed by atoms with E-state index in [0.717, 1.165) is 5.70 Å². The summed E-state index contributed by atoms with van der Waals surface area (Å²) in [7, 11) is 0. The van der Waals surface area contributed by atoms with Gasteiger partial charge in [0, 0.05) is 18.8 Å². The third-order valence-electron chi connectivity index (χ3n) is 4.30. The Labute approximate surface area is 139 Å². The average Bonchev–Trinajstić information content (AvgIpc) is 3.22. The molecule has 2 aliphatic heterocycles. The van der Waals surface area contributed by atoms with Crippen molar-refractivity contribution in [1.82, 2.24) is 19.7 Å². The smallest absolute Gasteiger partial charge is 0.254 e. The Hall–Kier alpha value is -2.61. The van der Waals surface area contributed by atoms with Crippen molar-refractivity contribution in [1.29, 1.82) is 0 Å². The van der Waals surface area contributed by atoms with Crippen LogP contribution in [0.3, 0.4) is 0 Å². The van der Waals surface area contributed by atoms with E-state index in [0.29, 0.717) is 49.4 Å². The van der Waals surface area contributed by atoms with Crippen LogP contribution < -0.4 is 5.32 Å². The fraction of sp³-hybridized carbons (Fsp3) is 0.438. The van der Waals surface area contributed by atoms with Gasteiger partial charge < -0.3 is 19.4 Å². The molecule has 2 aromatic heterocycles. The third-order valence-corrected chi connectivity index (χ3v) is 4.30. The first-order chi connectivity index (χ1) is 11.6. The number of carbonyl (C=O) groups is 1. The van der Waals surface area contributed by atoms with E-state index in [9.17, 15) is 4.79 Å². The van der Waals surface area contributed by atoms with E-state index in [1.807, 2.05) is 30.9 Å². The first-order valence-electron chi connectivity index (χ1n) is 7.96. The second kappa shape index (κ2) is 5.79. The van der Waals surface area contributed by atoms with Gasteiger partial charge in [0.2, 0.25) is 5.95 Å². The number of nitrogens with zero attached hydrogens (tertiary/aromatic N) is 4. The normalized spacial score (nSPS) is 20.8. The highest BCUT2D eigenvalue weighted by Gasteiger charge is 2.37.